The number of amides is 1. The van der Waals surface area contributed by atoms with E-state index in [0.717, 1.165) is 45.8 Å². The zero-order valence-corrected chi connectivity index (χ0v) is 14.3. The molecule has 4 heteroatoms. The Kier molecular flexibility index (Phi) is 5.31. The first kappa shape index (κ1) is 16.8. The molecule has 1 saturated heterocycles. The summed E-state index contributed by atoms with van der Waals surface area (Å²) in [6.07, 6.45) is 4.23. The lowest BCUT2D eigenvalue weighted by atomic mass is 10.1. The summed E-state index contributed by atoms with van der Waals surface area (Å²) in [4.78, 5) is 16.5. The van der Waals surface area contributed by atoms with Crippen LogP contribution in [0.5, 0.6) is 0 Å². The Balaban J connectivity index is 1.72. The Morgan fingerprint density at radius 1 is 1.14 bits per heavy atom. The van der Waals surface area contributed by atoms with E-state index in [1.54, 1.807) is 0 Å². The maximum atomic E-state index is 11.9. The van der Waals surface area contributed by atoms with Crippen molar-refractivity contribution < 1.29 is 9.53 Å². The predicted molar refractivity (Wildman–Crippen MR) is 85.3 cm³/mol. The van der Waals surface area contributed by atoms with Crippen molar-refractivity contribution in [3.8, 4) is 0 Å². The first-order valence-corrected chi connectivity index (χ1v) is 8.48. The van der Waals surface area contributed by atoms with Gasteiger partial charge < -0.3 is 9.64 Å². The lowest BCUT2D eigenvalue weighted by Crippen LogP contribution is -2.50. The molecule has 2 rings (SSSR count). The average Bonchev–Trinajstić information content (AvgIpc) is 3.17. The maximum Gasteiger partial charge on any atom is 0.222 e. The van der Waals surface area contributed by atoms with Gasteiger partial charge in [-0.1, -0.05) is 6.92 Å². The fourth-order valence-electron chi connectivity index (χ4n) is 2.90. The maximum absolute atomic E-state index is 11.9. The minimum atomic E-state index is -0.0408. The summed E-state index contributed by atoms with van der Waals surface area (Å²) < 4.78 is 6.00. The number of rotatable bonds is 6. The molecule has 0 radical (unpaired) electrons. The van der Waals surface area contributed by atoms with Gasteiger partial charge in [0.1, 0.15) is 0 Å². The third kappa shape index (κ3) is 5.26. The number of hydrogen-bond acceptors (Lipinski definition) is 3. The monoisotopic (exact) mass is 296 g/mol. The van der Waals surface area contributed by atoms with Gasteiger partial charge in [0.15, 0.2) is 0 Å². The fraction of sp³-hybridized carbons (Fsp3) is 0.941. The second-order valence-corrected chi connectivity index (χ2v) is 7.81. The standard InChI is InChI=1S/C17H32N2O2/c1-5-6-15(20)19-11-9-18(10-12-19)13-17(7-8-17)14-21-16(2,3)4/h5-14H2,1-4H3. The van der Waals surface area contributed by atoms with E-state index in [4.69, 9.17) is 4.74 Å². The van der Waals surface area contributed by atoms with Crippen LogP contribution in [0, 0.1) is 5.41 Å². The van der Waals surface area contributed by atoms with Crippen molar-refractivity contribution in [2.75, 3.05) is 39.3 Å². The average molecular weight is 296 g/mol. The van der Waals surface area contributed by atoms with Crippen molar-refractivity contribution in [2.24, 2.45) is 5.41 Å². The topological polar surface area (TPSA) is 32.8 Å². The van der Waals surface area contributed by atoms with Gasteiger partial charge in [-0.3, -0.25) is 9.69 Å². The number of carbonyl (C=O) groups excluding carboxylic acids is 1. The van der Waals surface area contributed by atoms with Gasteiger partial charge in [-0.05, 0) is 40.0 Å². The van der Waals surface area contributed by atoms with Crippen LogP contribution in [0.4, 0.5) is 0 Å². The highest BCUT2D eigenvalue weighted by atomic mass is 16.5. The molecule has 1 amide bonds. The molecule has 122 valence electrons. The van der Waals surface area contributed by atoms with Crippen LogP contribution in [0.25, 0.3) is 0 Å². The van der Waals surface area contributed by atoms with Crippen LogP contribution in [0.3, 0.4) is 0 Å². The highest BCUT2D eigenvalue weighted by Gasteiger charge is 2.45. The molecule has 0 aromatic rings. The lowest BCUT2D eigenvalue weighted by Gasteiger charge is -2.37. The van der Waals surface area contributed by atoms with E-state index < -0.39 is 0 Å². The van der Waals surface area contributed by atoms with E-state index in [1.165, 1.54) is 12.8 Å². The summed E-state index contributed by atoms with van der Waals surface area (Å²) in [5, 5.41) is 0. The van der Waals surface area contributed by atoms with Gasteiger partial charge in [0.25, 0.3) is 0 Å². The van der Waals surface area contributed by atoms with E-state index in [1.807, 2.05) is 4.90 Å². The van der Waals surface area contributed by atoms with Crippen LogP contribution in [-0.2, 0) is 9.53 Å². The zero-order chi connectivity index (χ0) is 15.5. The molecule has 2 fully saturated rings. The molecule has 1 aliphatic carbocycles. The zero-order valence-electron chi connectivity index (χ0n) is 14.3. The van der Waals surface area contributed by atoms with Crippen molar-refractivity contribution in [1.82, 2.24) is 9.80 Å². The van der Waals surface area contributed by atoms with Crippen LogP contribution in [0.15, 0.2) is 0 Å². The molecule has 2 aliphatic rings. The number of hydrogen-bond donors (Lipinski definition) is 0. The highest BCUT2D eigenvalue weighted by Crippen LogP contribution is 2.47. The van der Waals surface area contributed by atoms with Crippen LogP contribution in [0.2, 0.25) is 0 Å². The SMILES string of the molecule is CCCC(=O)N1CCN(CC2(COC(C)(C)C)CC2)CC1. The molecule has 4 nitrogen and oxygen atoms in total. The normalized spacial score (nSPS) is 22.4. The summed E-state index contributed by atoms with van der Waals surface area (Å²) >= 11 is 0. The smallest absolute Gasteiger partial charge is 0.222 e. The third-order valence-corrected chi connectivity index (χ3v) is 4.52. The molecule has 1 heterocycles. The largest absolute Gasteiger partial charge is 0.375 e. The van der Waals surface area contributed by atoms with E-state index in [-0.39, 0.29) is 5.60 Å². The molecule has 0 spiro atoms. The van der Waals surface area contributed by atoms with Gasteiger partial charge in [-0.2, -0.15) is 0 Å². The molecule has 1 saturated carbocycles. The van der Waals surface area contributed by atoms with E-state index in [2.05, 4.69) is 32.6 Å². The Labute approximate surface area is 129 Å². The Bertz CT molecular complexity index is 350. The molecule has 21 heavy (non-hydrogen) atoms. The van der Waals surface area contributed by atoms with E-state index in [0.29, 0.717) is 17.7 Å². The van der Waals surface area contributed by atoms with Crippen molar-refractivity contribution in [2.45, 2.75) is 59.0 Å². The summed E-state index contributed by atoms with van der Waals surface area (Å²) in [6, 6.07) is 0. The number of ether oxygens (including phenoxy) is 1. The van der Waals surface area contributed by atoms with Gasteiger partial charge in [0, 0.05) is 44.6 Å². The Hall–Kier alpha value is -0.610. The van der Waals surface area contributed by atoms with Gasteiger partial charge in [-0.25, -0.2) is 0 Å². The fourth-order valence-corrected chi connectivity index (χ4v) is 2.90. The minimum absolute atomic E-state index is 0.0408. The predicted octanol–water partition coefficient (Wildman–Crippen LogP) is 2.53. The first-order chi connectivity index (χ1) is 9.84. The minimum Gasteiger partial charge on any atom is -0.375 e. The second kappa shape index (κ2) is 6.66. The van der Waals surface area contributed by atoms with Gasteiger partial charge in [0.2, 0.25) is 5.91 Å². The van der Waals surface area contributed by atoms with Crippen molar-refractivity contribution in [3.05, 3.63) is 0 Å². The second-order valence-electron chi connectivity index (χ2n) is 7.81. The number of nitrogens with zero attached hydrogens (tertiary/aromatic N) is 2. The van der Waals surface area contributed by atoms with E-state index >= 15 is 0 Å². The molecular formula is C17H32N2O2. The van der Waals surface area contributed by atoms with E-state index in [9.17, 15) is 4.79 Å². The van der Waals surface area contributed by atoms with Gasteiger partial charge >= 0.3 is 0 Å². The van der Waals surface area contributed by atoms with Crippen molar-refractivity contribution in [1.29, 1.82) is 0 Å². The van der Waals surface area contributed by atoms with Gasteiger partial charge in [0.05, 0.1) is 12.2 Å². The molecule has 0 aromatic heterocycles. The van der Waals surface area contributed by atoms with Crippen LogP contribution >= 0.6 is 0 Å². The van der Waals surface area contributed by atoms with Crippen LogP contribution < -0.4 is 0 Å². The quantitative estimate of drug-likeness (QED) is 0.755. The van der Waals surface area contributed by atoms with Gasteiger partial charge in [-0.15, -0.1) is 0 Å². The lowest BCUT2D eigenvalue weighted by molar-refractivity contribution is -0.133. The van der Waals surface area contributed by atoms with Crippen LogP contribution in [-0.4, -0.2) is 60.6 Å². The number of piperazine rings is 1. The molecule has 1 aliphatic heterocycles. The summed E-state index contributed by atoms with van der Waals surface area (Å²) in [5.41, 5.74) is 0.351. The summed E-state index contributed by atoms with van der Waals surface area (Å²) in [7, 11) is 0. The molecule has 0 bridgehead atoms. The van der Waals surface area contributed by atoms with Crippen molar-refractivity contribution >= 4 is 5.91 Å². The molecule has 0 atom stereocenters. The third-order valence-electron chi connectivity index (χ3n) is 4.52. The molecule has 0 unspecified atom stereocenters. The molecule has 0 aromatic carbocycles. The highest BCUT2D eigenvalue weighted by molar-refractivity contribution is 5.76. The molecule has 0 N–H and O–H groups in total. The van der Waals surface area contributed by atoms with Crippen molar-refractivity contribution in [3.63, 3.8) is 0 Å². The molecular weight excluding hydrogens is 264 g/mol. The Morgan fingerprint density at radius 3 is 2.24 bits per heavy atom. The van der Waals surface area contributed by atoms with Crippen LogP contribution in [0.1, 0.15) is 53.4 Å². The Morgan fingerprint density at radius 2 is 1.76 bits per heavy atom. The first-order valence-electron chi connectivity index (χ1n) is 8.48. The number of carbonyl (C=O) groups is 1. The summed E-state index contributed by atoms with van der Waals surface area (Å²) in [5.74, 6) is 0.328. The summed E-state index contributed by atoms with van der Waals surface area (Å²) in [6.45, 7) is 14.3.